The van der Waals surface area contributed by atoms with Gasteiger partial charge in [0.15, 0.2) is 11.4 Å². The highest BCUT2D eigenvalue weighted by molar-refractivity contribution is 7.88. The predicted molar refractivity (Wildman–Crippen MR) is 168 cm³/mol. The van der Waals surface area contributed by atoms with Crippen molar-refractivity contribution in [3.05, 3.63) is 100 Å². The van der Waals surface area contributed by atoms with E-state index in [9.17, 15) is 18.0 Å². The molecule has 0 saturated carbocycles. The number of carbonyl (C=O) groups excluding carboxylic acids is 1. The minimum Gasteiger partial charge on any atom is -0.382 e. The van der Waals surface area contributed by atoms with Crippen LogP contribution in [0.15, 0.2) is 77.9 Å². The predicted octanol–water partition coefficient (Wildman–Crippen LogP) is 2.55. The number of anilines is 1. The number of hydrogen-bond acceptors (Lipinski definition) is 6. The second-order valence-electron chi connectivity index (χ2n) is 10.9. The molecule has 1 atom stereocenters. The number of carbonyl (C=O) groups is 1. The van der Waals surface area contributed by atoms with Gasteiger partial charge < -0.3 is 11.1 Å². The molecule has 2 aromatic carbocycles. The Hall–Kier alpha value is -4.99. The summed E-state index contributed by atoms with van der Waals surface area (Å²) < 4.78 is 28.4. The van der Waals surface area contributed by atoms with Gasteiger partial charge in [-0.3, -0.25) is 14.2 Å². The number of sulfonamides is 1. The zero-order valence-corrected chi connectivity index (χ0v) is 25.1. The first-order valence-corrected chi connectivity index (χ1v) is 16.1. The van der Waals surface area contributed by atoms with Gasteiger partial charge in [0.1, 0.15) is 12.4 Å². The van der Waals surface area contributed by atoms with Gasteiger partial charge in [-0.2, -0.15) is 0 Å². The number of piperidine rings is 1. The Kier molecular flexibility index (Phi) is 7.67. The zero-order valence-electron chi connectivity index (χ0n) is 24.3. The monoisotopic (exact) mass is 610 g/mol. The maximum absolute atomic E-state index is 14.3. The molecule has 1 fully saturated rings. The molecular formula is C32H32N7O4S+. The molecule has 5 aromatic rings. The number of nitrogens with one attached hydrogen (secondary N) is 2. The molecular weight excluding hydrogens is 578 g/mol. The van der Waals surface area contributed by atoms with E-state index < -0.39 is 22.0 Å². The van der Waals surface area contributed by atoms with Crippen molar-refractivity contribution in [3.63, 3.8) is 0 Å². The van der Waals surface area contributed by atoms with E-state index in [1.54, 1.807) is 27.5 Å². The fourth-order valence-corrected chi connectivity index (χ4v) is 6.55. The van der Waals surface area contributed by atoms with E-state index in [0.717, 1.165) is 0 Å². The van der Waals surface area contributed by atoms with Crippen molar-refractivity contribution in [3.8, 4) is 17.5 Å². The van der Waals surface area contributed by atoms with Crippen LogP contribution in [0.4, 0.5) is 5.82 Å². The average molecular weight is 611 g/mol. The molecule has 0 bridgehead atoms. The summed E-state index contributed by atoms with van der Waals surface area (Å²) in [4.78, 5) is 32.1. The molecule has 0 radical (unpaired) electrons. The lowest BCUT2D eigenvalue weighted by atomic mass is 9.97. The molecule has 224 valence electrons. The Balaban J connectivity index is 1.39. The Morgan fingerprint density at radius 1 is 1.14 bits per heavy atom. The number of hydrogen-bond donors (Lipinski definition) is 3. The van der Waals surface area contributed by atoms with Gasteiger partial charge in [0, 0.05) is 42.0 Å². The maximum atomic E-state index is 14.3. The van der Waals surface area contributed by atoms with Crippen LogP contribution in [0.2, 0.25) is 0 Å². The Bertz CT molecular complexity index is 2120. The molecule has 3 aromatic heterocycles. The topological polar surface area (TPSA) is 147 Å². The molecule has 1 aliphatic heterocycles. The van der Waals surface area contributed by atoms with Crippen LogP contribution in [-0.2, 0) is 10.0 Å². The Morgan fingerprint density at radius 2 is 1.89 bits per heavy atom. The number of para-hydroxylation sites is 1. The van der Waals surface area contributed by atoms with E-state index in [-0.39, 0.29) is 22.9 Å². The number of amides is 1. The van der Waals surface area contributed by atoms with Crippen molar-refractivity contribution < 1.29 is 17.7 Å². The molecule has 1 aliphatic rings. The molecule has 11 nitrogen and oxygen atoms in total. The SMILES string of the molecule is CC(NC(=O)c1c(N)[nH][n+]2cccnc12)c1cc2cccc(C#CC3CCN(S(C)(=O)=O)CC3)c2c(=O)n1-c1ccccc1. The molecule has 0 aliphatic carbocycles. The van der Waals surface area contributed by atoms with Crippen LogP contribution in [0.5, 0.6) is 0 Å². The van der Waals surface area contributed by atoms with E-state index >= 15 is 0 Å². The first-order chi connectivity index (χ1) is 21.1. The van der Waals surface area contributed by atoms with Crippen molar-refractivity contribution in [1.29, 1.82) is 0 Å². The van der Waals surface area contributed by atoms with Gasteiger partial charge in [-0.25, -0.2) is 17.8 Å². The van der Waals surface area contributed by atoms with Crippen molar-refractivity contribution in [2.45, 2.75) is 25.8 Å². The lowest BCUT2D eigenvalue weighted by Gasteiger charge is -2.27. The van der Waals surface area contributed by atoms with Gasteiger partial charge in [-0.15, -0.1) is 4.52 Å². The molecule has 1 unspecified atom stereocenters. The van der Waals surface area contributed by atoms with E-state index in [1.807, 2.05) is 61.5 Å². The summed E-state index contributed by atoms with van der Waals surface area (Å²) in [5.74, 6) is 6.29. The summed E-state index contributed by atoms with van der Waals surface area (Å²) in [5.41, 5.74) is 8.31. The fraction of sp³-hybridized carbons (Fsp3) is 0.250. The normalized spacial score (nSPS) is 15.1. The van der Waals surface area contributed by atoms with Crippen LogP contribution in [0, 0.1) is 17.8 Å². The summed E-state index contributed by atoms with van der Waals surface area (Å²) >= 11 is 0. The highest BCUT2D eigenvalue weighted by Crippen LogP contribution is 2.25. The van der Waals surface area contributed by atoms with Gasteiger partial charge in [0.25, 0.3) is 11.5 Å². The molecule has 4 heterocycles. The number of benzene rings is 2. The fourth-order valence-electron chi connectivity index (χ4n) is 5.68. The van der Waals surface area contributed by atoms with Crippen LogP contribution < -0.4 is 21.1 Å². The number of nitrogens with two attached hydrogens (primary N) is 1. The Morgan fingerprint density at radius 3 is 2.61 bits per heavy atom. The lowest BCUT2D eigenvalue weighted by Crippen LogP contribution is -2.37. The summed E-state index contributed by atoms with van der Waals surface area (Å²) in [6.45, 7) is 2.68. The zero-order chi connectivity index (χ0) is 31.0. The summed E-state index contributed by atoms with van der Waals surface area (Å²) in [6.07, 6.45) is 5.79. The average Bonchev–Trinajstić information content (AvgIpc) is 3.35. The molecule has 1 saturated heterocycles. The second-order valence-corrected chi connectivity index (χ2v) is 12.9. The number of aromatic amines is 1. The summed E-state index contributed by atoms with van der Waals surface area (Å²) in [7, 11) is -3.22. The van der Waals surface area contributed by atoms with E-state index in [0.29, 0.717) is 59.3 Å². The number of rotatable bonds is 5. The lowest BCUT2D eigenvalue weighted by molar-refractivity contribution is -0.577. The summed E-state index contributed by atoms with van der Waals surface area (Å²) in [6, 6.07) is 17.8. The van der Waals surface area contributed by atoms with Crippen LogP contribution in [0.25, 0.3) is 22.1 Å². The van der Waals surface area contributed by atoms with Gasteiger partial charge in [0.05, 0.1) is 17.7 Å². The first kappa shape index (κ1) is 29.1. The smallest absolute Gasteiger partial charge is 0.362 e. The summed E-state index contributed by atoms with van der Waals surface area (Å²) in [5, 5.41) is 7.09. The standard InChI is InChI=1S/C32H31N7O4S/c1-21(35-31(40)28-29(33)36-38-17-7-16-34-30(28)38)26-20-24-9-6-8-23(13-12-22-14-18-37(19-15-22)44(2,42)43)27(24)32(41)39(26)25-10-4-3-5-11-25/h3-11,16-17,20-22H,14-15,18-19H2,1-2H3,(H3,33,35,36,40)/p+1. The number of nitrogens with zero attached hydrogens (tertiary/aromatic N) is 4. The van der Waals surface area contributed by atoms with Crippen molar-refractivity contribution in [2.24, 2.45) is 5.92 Å². The minimum absolute atomic E-state index is 0.0266. The third-order valence-electron chi connectivity index (χ3n) is 7.92. The number of nitrogen functional groups attached to an aromatic ring is 1. The Labute approximate surface area is 254 Å². The first-order valence-electron chi connectivity index (χ1n) is 14.3. The molecule has 0 spiro atoms. The largest absolute Gasteiger partial charge is 0.382 e. The highest BCUT2D eigenvalue weighted by Gasteiger charge is 2.27. The molecule has 1 amide bonds. The number of aromatic nitrogens is 4. The van der Waals surface area contributed by atoms with Crippen LogP contribution in [-0.4, -0.2) is 52.6 Å². The third-order valence-corrected chi connectivity index (χ3v) is 9.23. The number of pyridine rings is 1. The molecule has 6 rings (SSSR count). The van der Waals surface area contributed by atoms with Crippen molar-refractivity contribution in [1.82, 2.24) is 24.3 Å². The van der Waals surface area contributed by atoms with Crippen molar-refractivity contribution in [2.75, 3.05) is 25.1 Å². The minimum atomic E-state index is -3.22. The third kappa shape index (κ3) is 5.55. The highest BCUT2D eigenvalue weighted by atomic mass is 32.2. The van der Waals surface area contributed by atoms with Gasteiger partial charge >= 0.3 is 5.65 Å². The molecule has 4 N–H and O–H groups in total. The molecule has 12 heteroatoms. The van der Waals surface area contributed by atoms with Gasteiger partial charge in [-0.1, -0.05) is 42.2 Å². The van der Waals surface area contributed by atoms with Crippen LogP contribution >= 0.6 is 0 Å². The second kappa shape index (κ2) is 11.6. The molecule has 44 heavy (non-hydrogen) atoms. The van der Waals surface area contributed by atoms with Crippen molar-refractivity contribution >= 4 is 38.2 Å². The number of H-pyrrole nitrogens is 1. The quantitative estimate of drug-likeness (QED) is 0.206. The van der Waals surface area contributed by atoms with Gasteiger partial charge in [-0.05, 0) is 54.4 Å². The van der Waals surface area contributed by atoms with Crippen LogP contribution in [0.3, 0.4) is 0 Å². The van der Waals surface area contributed by atoms with E-state index in [2.05, 4.69) is 27.2 Å². The van der Waals surface area contributed by atoms with Crippen LogP contribution in [0.1, 0.15) is 47.4 Å². The number of fused-ring (bicyclic) bond motifs is 2. The van der Waals surface area contributed by atoms with E-state index in [1.165, 1.54) is 10.6 Å². The van der Waals surface area contributed by atoms with Gasteiger partial charge in [0.2, 0.25) is 10.0 Å². The maximum Gasteiger partial charge on any atom is 0.362 e. The van der Waals surface area contributed by atoms with E-state index in [4.69, 9.17) is 5.73 Å².